The van der Waals surface area contributed by atoms with Gasteiger partial charge in [-0.05, 0) is 18.4 Å². The Hall–Kier alpha value is -1.95. The number of aryl methyl sites for hydroxylation is 1. The van der Waals surface area contributed by atoms with Gasteiger partial charge in [-0.15, -0.1) is 0 Å². The van der Waals surface area contributed by atoms with E-state index < -0.39 is 11.0 Å². The van der Waals surface area contributed by atoms with Gasteiger partial charge in [0.15, 0.2) is 0 Å². The molecule has 0 aliphatic rings. The number of nitrogens with two attached hydrogens (primary N) is 1. The molecule has 0 fully saturated rings. The van der Waals surface area contributed by atoms with Crippen LogP contribution in [0.1, 0.15) is 19.4 Å². The van der Waals surface area contributed by atoms with E-state index in [9.17, 15) is 14.9 Å². The maximum absolute atomic E-state index is 11.8. The summed E-state index contributed by atoms with van der Waals surface area (Å²) in [5.74, 6) is -0.336. The first-order valence-corrected chi connectivity index (χ1v) is 5.64. The van der Waals surface area contributed by atoms with Crippen LogP contribution >= 0.6 is 0 Å². The maximum atomic E-state index is 11.8. The molecular weight excluding hydrogens is 234 g/mol. The van der Waals surface area contributed by atoms with Crippen molar-refractivity contribution < 1.29 is 9.72 Å². The lowest BCUT2D eigenvalue weighted by Crippen LogP contribution is -2.39. The van der Waals surface area contributed by atoms with Gasteiger partial charge >= 0.3 is 0 Å². The van der Waals surface area contributed by atoms with Gasteiger partial charge < -0.3 is 11.1 Å². The summed E-state index contributed by atoms with van der Waals surface area (Å²) < 4.78 is 0. The van der Waals surface area contributed by atoms with Gasteiger partial charge in [-0.3, -0.25) is 14.9 Å². The molecule has 0 aromatic heterocycles. The van der Waals surface area contributed by atoms with E-state index in [1.807, 2.05) is 13.8 Å². The SMILES string of the molecule is Cc1ccc([N+](=O)[O-])cc1NC(=O)C(N)C(C)C. The molecule has 1 atom stereocenters. The van der Waals surface area contributed by atoms with Crippen molar-refractivity contribution in [2.24, 2.45) is 11.7 Å². The van der Waals surface area contributed by atoms with Crippen LogP contribution in [0.2, 0.25) is 0 Å². The summed E-state index contributed by atoms with van der Waals surface area (Å²) in [6.07, 6.45) is 0. The number of anilines is 1. The molecule has 3 N–H and O–H groups in total. The van der Waals surface area contributed by atoms with Crippen LogP contribution in [-0.4, -0.2) is 16.9 Å². The standard InChI is InChI=1S/C12H17N3O3/c1-7(2)11(13)12(16)14-10-6-9(15(17)18)5-4-8(10)3/h4-7,11H,13H2,1-3H3,(H,14,16). The zero-order valence-corrected chi connectivity index (χ0v) is 10.6. The van der Waals surface area contributed by atoms with Gasteiger partial charge in [0.2, 0.25) is 5.91 Å². The van der Waals surface area contributed by atoms with E-state index in [-0.39, 0.29) is 17.5 Å². The van der Waals surface area contributed by atoms with Crippen molar-refractivity contribution in [1.29, 1.82) is 0 Å². The zero-order chi connectivity index (χ0) is 13.9. The third-order valence-corrected chi connectivity index (χ3v) is 2.71. The van der Waals surface area contributed by atoms with E-state index >= 15 is 0 Å². The van der Waals surface area contributed by atoms with Crippen LogP contribution < -0.4 is 11.1 Å². The highest BCUT2D eigenvalue weighted by Crippen LogP contribution is 2.22. The van der Waals surface area contributed by atoms with Crippen molar-refractivity contribution in [2.45, 2.75) is 26.8 Å². The van der Waals surface area contributed by atoms with Gasteiger partial charge in [0.05, 0.1) is 16.7 Å². The minimum absolute atomic E-state index is 0.00371. The fraction of sp³-hybridized carbons (Fsp3) is 0.417. The van der Waals surface area contributed by atoms with E-state index in [0.717, 1.165) is 5.56 Å². The fourth-order valence-corrected chi connectivity index (χ4v) is 1.38. The highest BCUT2D eigenvalue weighted by atomic mass is 16.6. The topological polar surface area (TPSA) is 98.3 Å². The van der Waals surface area contributed by atoms with Crippen LogP contribution in [-0.2, 0) is 4.79 Å². The highest BCUT2D eigenvalue weighted by Gasteiger charge is 2.18. The average molecular weight is 251 g/mol. The third kappa shape index (κ3) is 3.27. The van der Waals surface area contributed by atoms with E-state index in [1.54, 1.807) is 13.0 Å². The van der Waals surface area contributed by atoms with Gasteiger partial charge in [0.25, 0.3) is 5.69 Å². The highest BCUT2D eigenvalue weighted by molar-refractivity contribution is 5.95. The Labute approximate surface area is 105 Å². The third-order valence-electron chi connectivity index (χ3n) is 2.71. The summed E-state index contributed by atoms with van der Waals surface area (Å²) in [5.41, 5.74) is 6.82. The maximum Gasteiger partial charge on any atom is 0.271 e. The van der Waals surface area contributed by atoms with Crippen molar-refractivity contribution in [2.75, 3.05) is 5.32 Å². The molecule has 0 bridgehead atoms. The van der Waals surface area contributed by atoms with Gasteiger partial charge in [-0.1, -0.05) is 19.9 Å². The minimum atomic E-state index is -0.635. The molecule has 0 aliphatic heterocycles. The zero-order valence-electron chi connectivity index (χ0n) is 10.6. The van der Waals surface area contributed by atoms with Crippen LogP contribution in [0.5, 0.6) is 0 Å². The molecule has 0 aliphatic carbocycles. The molecule has 0 spiro atoms. The second-order valence-electron chi connectivity index (χ2n) is 4.52. The number of nitrogens with zero attached hydrogens (tertiary/aromatic N) is 1. The number of amides is 1. The average Bonchev–Trinajstić information content (AvgIpc) is 2.30. The monoisotopic (exact) mass is 251 g/mol. The summed E-state index contributed by atoms with van der Waals surface area (Å²) in [6, 6.07) is 3.69. The smallest absolute Gasteiger partial charge is 0.271 e. The van der Waals surface area contributed by atoms with Crippen LogP contribution in [0.3, 0.4) is 0 Å². The fourth-order valence-electron chi connectivity index (χ4n) is 1.38. The summed E-state index contributed by atoms with van der Waals surface area (Å²) in [5, 5.41) is 13.3. The lowest BCUT2D eigenvalue weighted by molar-refractivity contribution is -0.384. The molecule has 1 rings (SSSR count). The molecule has 6 nitrogen and oxygen atoms in total. The van der Waals surface area contributed by atoms with E-state index in [0.29, 0.717) is 5.69 Å². The second-order valence-corrected chi connectivity index (χ2v) is 4.52. The van der Waals surface area contributed by atoms with Crippen LogP contribution in [0.25, 0.3) is 0 Å². The number of nitrogens with one attached hydrogen (secondary N) is 1. The number of carbonyl (C=O) groups is 1. The van der Waals surface area contributed by atoms with E-state index in [1.165, 1.54) is 12.1 Å². The molecule has 18 heavy (non-hydrogen) atoms. The summed E-state index contributed by atoms with van der Waals surface area (Å²) in [7, 11) is 0. The predicted molar refractivity (Wildman–Crippen MR) is 69.3 cm³/mol. The molecular formula is C12H17N3O3. The van der Waals surface area contributed by atoms with Gasteiger partial charge in [0, 0.05) is 12.1 Å². The molecule has 0 heterocycles. The first-order valence-electron chi connectivity index (χ1n) is 5.64. The number of hydrogen-bond donors (Lipinski definition) is 2. The Morgan fingerprint density at radius 3 is 2.56 bits per heavy atom. The summed E-state index contributed by atoms with van der Waals surface area (Å²) >= 11 is 0. The molecule has 1 amide bonds. The molecule has 0 saturated carbocycles. The van der Waals surface area contributed by atoms with Crippen molar-refractivity contribution >= 4 is 17.3 Å². The number of nitro benzene ring substituents is 1. The number of rotatable bonds is 4. The van der Waals surface area contributed by atoms with Crippen LogP contribution in [0, 0.1) is 23.0 Å². The quantitative estimate of drug-likeness (QED) is 0.630. The van der Waals surface area contributed by atoms with E-state index in [4.69, 9.17) is 5.73 Å². The number of benzene rings is 1. The van der Waals surface area contributed by atoms with Crippen LogP contribution in [0.4, 0.5) is 11.4 Å². The Morgan fingerprint density at radius 1 is 1.44 bits per heavy atom. The second kappa shape index (κ2) is 5.59. The first kappa shape index (κ1) is 14.1. The normalized spacial score (nSPS) is 12.3. The summed E-state index contributed by atoms with van der Waals surface area (Å²) in [4.78, 5) is 21.9. The lowest BCUT2D eigenvalue weighted by Gasteiger charge is -2.16. The lowest BCUT2D eigenvalue weighted by atomic mass is 10.0. The van der Waals surface area contributed by atoms with Crippen molar-refractivity contribution in [3.05, 3.63) is 33.9 Å². The Morgan fingerprint density at radius 2 is 2.06 bits per heavy atom. The Kier molecular flexibility index (Phi) is 4.38. The number of carbonyl (C=O) groups excluding carboxylic acids is 1. The van der Waals surface area contributed by atoms with Crippen LogP contribution in [0.15, 0.2) is 18.2 Å². The Bertz CT molecular complexity index is 472. The predicted octanol–water partition coefficient (Wildman–Crippen LogP) is 1.83. The molecule has 1 aromatic carbocycles. The number of non-ortho nitro benzene ring substituents is 1. The molecule has 0 saturated heterocycles. The molecule has 1 aromatic rings. The molecule has 6 heteroatoms. The summed E-state index contributed by atoms with van der Waals surface area (Å²) in [6.45, 7) is 5.44. The van der Waals surface area contributed by atoms with Crippen molar-refractivity contribution in [3.63, 3.8) is 0 Å². The Balaban J connectivity index is 2.93. The van der Waals surface area contributed by atoms with Gasteiger partial charge in [-0.2, -0.15) is 0 Å². The molecule has 0 radical (unpaired) electrons. The minimum Gasteiger partial charge on any atom is -0.324 e. The molecule has 98 valence electrons. The van der Waals surface area contributed by atoms with Crippen molar-refractivity contribution in [3.8, 4) is 0 Å². The largest absolute Gasteiger partial charge is 0.324 e. The number of hydrogen-bond acceptors (Lipinski definition) is 4. The molecule has 1 unspecified atom stereocenters. The van der Waals surface area contributed by atoms with E-state index in [2.05, 4.69) is 5.32 Å². The first-order chi connectivity index (χ1) is 8.32. The van der Waals surface area contributed by atoms with Gasteiger partial charge in [0.1, 0.15) is 0 Å². The van der Waals surface area contributed by atoms with Gasteiger partial charge in [-0.25, -0.2) is 0 Å². The van der Waals surface area contributed by atoms with Crippen molar-refractivity contribution in [1.82, 2.24) is 0 Å². The number of nitro groups is 1.